The summed E-state index contributed by atoms with van der Waals surface area (Å²) >= 11 is 0. The molecule has 92 valence electrons. The molecule has 0 amide bonds. The van der Waals surface area contributed by atoms with Gasteiger partial charge < -0.3 is 14.2 Å². The van der Waals surface area contributed by atoms with Gasteiger partial charge in [0, 0.05) is 0 Å². The molecule has 0 radical (unpaired) electrons. The summed E-state index contributed by atoms with van der Waals surface area (Å²) in [5.41, 5.74) is 0. The van der Waals surface area contributed by atoms with Crippen LogP contribution in [0.1, 0.15) is 6.42 Å². The fraction of sp³-hybridized carbons (Fsp3) is 0.308. The Morgan fingerprint density at radius 3 is 2.53 bits per heavy atom. The van der Waals surface area contributed by atoms with E-state index in [4.69, 9.17) is 14.2 Å². The number of carbonyl (C=O) groups excluding carboxylic acids is 1. The van der Waals surface area contributed by atoms with E-state index >= 15 is 0 Å². The second kappa shape index (κ2) is 7.33. The van der Waals surface area contributed by atoms with Crippen molar-refractivity contribution >= 4 is 5.97 Å². The molecule has 0 aromatic heterocycles. The summed E-state index contributed by atoms with van der Waals surface area (Å²) < 4.78 is 15.2. The average molecular weight is 236 g/mol. The number of hydrogen-bond donors (Lipinski definition) is 0. The Morgan fingerprint density at radius 1 is 1.29 bits per heavy atom. The minimum Gasteiger partial charge on any atom is -0.497 e. The van der Waals surface area contributed by atoms with Crippen LogP contribution in [0.4, 0.5) is 0 Å². The van der Waals surface area contributed by atoms with Crippen molar-refractivity contribution in [3.05, 3.63) is 36.9 Å². The van der Waals surface area contributed by atoms with Crippen LogP contribution in [0.3, 0.4) is 0 Å². The Hall–Kier alpha value is -1.97. The van der Waals surface area contributed by atoms with Gasteiger partial charge in [-0.3, -0.25) is 4.79 Å². The Kier molecular flexibility index (Phi) is 5.64. The number of methoxy groups -OCH3 is 1. The molecule has 0 saturated heterocycles. The highest BCUT2D eigenvalue weighted by atomic mass is 16.5. The molecule has 0 aliphatic carbocycles. The molecule has 1 rings (SSSR count). The van der Waals surface area contributed by atoms with Gasteiger partial charge in [0.25, 0.3) is 0 Å². The van der Waals surface area contributed by atoms with Crippen molar-refractivity contribution in [1.29, 1.82) is 0 Å². The number of benzene rings is 1. The van der Waals surface area contributed by atoms with Crippen LogP contribution >= 0.6 is 0 Å². The predicted octanol–water partition coefficient (Wildman–Crippen LogP) is 2.19. The molecule has 1 aromatic carbocycles. The van der Waals surface area contributed by atoms with Gasteiger partial charge in [0.15, 0.2) is 0 Å². The molecule has 4 heteroatoms. The maximum absolute atomic E-state index is 11.1. The lowest BCUT2D eigenvalue weighted by molar-refractivity contribution is -0.142. The first-order valence-electron chi connectivity index (χ1n) is 5.29. The highest BCUT2D eigenvalue weighted by molar-refractivity contribution is 5.69. The second-order valence-electron chi connectivity index (χ2n) is 3.25. The highest BCUT2D eigenvalue weighted by Gasteiger charge is 2.02. The van der Waals surface area contributed by atoms with E-state index in [9.17, 15) is 4.79 Å². The van der Waals surface area contributed by atoms with Gasteiger partial charge in [0.1, 0.15) is 18.1 Å². The second-order valence-corrected chi connectivity index (χ2v) is 3.25. The molecule has 0 aliphatic rings. The average Bonchev–Trinajstić information content (AvgIpc) is 2.37. The van der Waals surface area contributed by atoms with E-state index in [1.54, 1.807) is 31.4 Å². The SMILES string of the molecule is C=CCOC(=O)CCOc1ccc(OC)cc1. The number of hydrogen-bond acceptors (Lipinski definition) is 4. The minimum atomic E-state index is -0.293. The normalized spacial score (nSPS) is 9.47. The van der Waals surface area contributed by atoms with Gasteiger partial charge in [-0.15, -0.1) is 0 Å². The summed E-state index contributed by atoms with van der Waals surface area (Å²) in [7, 11) is 1.60. The maximum atomic E-state index is 11.1. The summed E-state index contributed by atoms with van der Waals surface area (Å²) in [5.74, 6) is 1.17. The lowest BCUT2D eigenvalue weighted by Crippen LogP contribution is -2.09. The maximum Gasteiger partial charge on any atom is 0.309 e. The molecule has 0 saturated carbocycles. The number of esters is 1. The van der Waals surface area contributed by atoms with Crippen LogP contribution in [0.2, 0.25) is 0 Å². The van der Waals surface area contributed by atoms with Crippen molar-refractivity contribution in [3.63, 3.8) is 0 Å². The van der Waals surface area contributed by atoms with Gasteiger partial charge in [-0.05, 0) is 24.3 Å². The largest absolute Gasteiger partial charge is 0.497 e. The van der Waals surface area contributed by atoms with E-state index in [0.717, 1.165) is 5.75 Å². The van der Waals surface area contributed by atoms with E-state index < -0.39 is 0 Å². The minimum absolute atomic E-state index is 0.222. The van der Waals surface area contributed by atoms with Crippen molar-refractivity contribution in [2.75, 3.05) is 20.3 Å². The molecule has 0 N–H and O–H groups in total. The number of rotatable bonds is 7. The molecule has 0 aliphatic heterocycles. The van der Waals surface area contributed by atoms with Gasteiger partial charge in [-0.2, -0.15) is 0 Å². The molecule has 0 unspecified atom stereocenters. The van der Waals surface area contributed by atoms with Crippen LogP contribution in [-0.4, -0.2) is 26.3 Å². The Bertz CT molecular complexity index is 356. The molecular weight excluding hydrogens is 220 g/mol. The Morgan fingerprint density at radius 2 is 1.94 bits per heavy atom. The zero-order valence-corrected chi connectivity index (χ0v) is 9.85. The Balaban J connectivity index is 2.25. The molecule has 0 spiro atoms. The summed E-state index contributed by atoms with van der Waals surface area (Å²) in [6, 6.07) is 7.17. The van der Waals surface area contributed by atoms with Gasteiger partial charge in [-0.1, -0.05) is 12.7 Å². The molecule has 17 heavy (non-hydrogen) atoms. The number of carbonyl (C=O) groups is 1. The van der Waals surface area contributed by atoms with Gasteiger partial charge in [0.05, 0.1) is 20.1 Å². The molecule has 0 bridgehead atoms. The van der Waals surface area contributed by atoms with Gasteiger partial charge >= 0.3 is 5.97 Å². The third-order valence-corrected chi connectivity index (χ3v) is 2.00. The fourth-order valence-electron chi connectivity index (χ4n) is 1.15. The standard InChI is InChI=1S/C13H16O4/c1-3-9-17-13(14)8-10-16-12-6-4-11(15-2)5-7-12/h3-7H,1,8-10H2,2H3. The van der Waals surface area contributed by atoms with Crippen molar-refractivity contribution in [1.82, 2.24) is 0 Å². The summed E-state index contributed by atoms with van der Waals surface area (Å²) in [5, 5.41) is 0. The van der Waals surface area contributed by atoms with Gasteiger partial charge in [0.2, 0.25) is 0 Å². The first-order valence-corrected chi connectivity index (χ1v) is 5.29. The van der Waals surface area contributed by atoms with Crippen LogP contribution in [-0.2, 0) is 9.53 Å². The van der Waals surface area contributed by atoms with E-state index in [0.29, 0.717) is 12.4 Å². The van der Waals surface area contributed by atoms with E-state index in [1.165, 1.54) is 6.08 Å². The van der Waals surface area contributed by atoms with Crippen molar-refractivity contribution < 1.29 is 19.0 Å². The zero-order valence-electron chi connectivity index (χ0n) is 9.85. The van der Waals surface area contributed by atoms with E-state index in [2.05, 4.69) is 6.58 Å². The molecule has 0 atom stereocenters. The highest BCUT2D eigenvalue weighted by Crippen LogP contribution is 2.16. The summed E-state index contributed by atoms with van der Waals surface area (Å²) in [6.07, 6.45) is 1.75. The van der Waals surface area contributed by atoms with Crippen LogP contribution in [0.15, 0.2) is 36.9 Å². The summed E-state index contributed by atoms with van der Waals surface area (Å²) in [6.45, 7) is 3.99. The first kappa shape index (κ1) is 13.1. The fourth-order valence-corrected chi connectivity index (χ4v) is 1.15. The molecule has 0 fully saturated rings. The molecular formula is C13H16O4. The number of ether oxygens (including phenoxy) is 3. The topological polar surface area (TPSA) is 44.8 Å². The summed E-state index contributed by atoms with van der Waals surface area (Å²) in [4.78, 5) is 11.1. The van der Waals surface area contributed by atoms with Crippen LogP contribution in [0, 0.1) is 0 Å². The third-order valence-electron chi connectivity index (χ3n) is 2.00. The zero-order chi connectivity index (χ0) is 12.5. The van der Waals surface area contributed by atoms with Crippen molar-refractivity contribution in [3.8, 4) is 11.5 Å². The predicted molar refractivity (Wildman–Crippen MR) is 64.3 cm³/mol. The molecule has 4 nitrogen and oxygen atoms in total. The van der Waals surface area contributed by atoms with E-state index in [1.807, 2.05) is 0 Å². The van der Waals surface area contributed by atoms with Crippen LogP contribution < -0.4 is 9.47 Å². The first-order chi connectivity index (χ1) is 8.26. The van der Waals surface area contributed by atoms with Gasteiger partial charge in [-0.25, -0.2) is 0 Å². The van der Waals surface area contributed by atoms with E-state index in [-0.39, 0.29) is 19.0 Å². The van der Waals surface area contributed by atoms with Crippen LogP contribution in [0.5, 0.6) is 11.5 Å². The molecule has 0 heterocycles. The molecule has 1 aromatic rings. The van der Waals surface area contributed by atoms with Crippen molar-refractivity contribution in [2.24, 2.45) is 0 Å². The van der Waals surface area contributed by atoms with Crippen molar-refractivity contribution in [2.45, 2.75) is 6.42 Å². The lowest BCUT2D eigenvalue weighted by Gasteiger charge is -2.06. The lowest BCUT2D eigenvalue weighted by atomic mass is 10.3. The monoisotopic (exact) mass is 236 g/mol. The third kappa shape index (κ3) is 5.06. The smallest absolute Gasteiger partial charge is 0.309 e. The van der Waals surface area contributed by atoms with Crippen LogP contribution in [0.25, 0.3) is 0 Å². The Labute approximate surface area is 101 Å². The quantitative estimate of drug-likeness (QED) is 0.537.